The molecule has 26 heavy (non-hydrogen) atoms. The van der Waals surface area contributed by atoms with Crippen LogP contribution in [0.25, 0.3) is 0 Å². The number of carbonyl (C=O) groups is 1. The fourth-order valence-corrected chi connectivity index (χ4v) is 3.65. The SMILES string of the molecule is COc1ccc(CC(=O)N2CCc3nc([C@H]4CCCN4)ncc3C2)cc1. The maximum absolute atomic E-state index is 12.7. The van der Waals surface area contributed by atoms with E-state index >= 15 is 0 Å². The molecule has 0 radical (unpaired) electrons. The number of nitrogens with one attached hydrogen (secondary N) is 1. The Labute approximate surface area is 153 Å². The summed E-state index contributed by atoms with van der Waals surface area (Å²) in [7, 11) is 1.64. The molecule has 3 heterocycles. The van der Waals surface area contributed by atoms with Gasteiger partial charge in [0, 0.05) is 31.3 Å². The van der Waals surface area contributed by atoms with Crippen molar-refractivity contribution in [2.45, 2.75) is 38.3 Å². The van der Waals surface area contributed by atoms with Crippen LogP contribution in [0.15, 0.2) is 30.5 Å². The van der Waals surface area contributed by atoms with Crippen molar-refractivity contribution in [3.8, 4) is 5.75 Å². The summed E-state index contributed by atoms with van der Waals surface area (Å²) in [6.45, 7) is 2.36. The van der Waals surface area contributed by atoms with Crippen LogP contribution in [0.4, 0.5) is 0 Å². The molecule has 6 nitrogen and oxygen atoms in total. The van der Waals surface area contributed by atoms with Gasteiger partial charge in [0.25, 0.3) is 0 Å². The second-order valence-electron chi connectivity index (χ2n) is 6.94. The summed E-state index contributed by atoms with van der Waals surface area (Å²) in [5, 5.41) is 3.44. The minimum Gasteiger partial charge on any atom is -0.497 e. The smallest absolute Gasteiger partial charge is 0.227 e. The van der Waals surface area contributed by atoms with Crippen molar-refractivity contribution in [3.63, 3.8) is 0 Å². The Hall–Kier alpha value is -2.47. The van der Waals surface area contributed by atoms with E-state index in [1.54, 1.807) is 7.11 Å². The van der Waals surface area contributed by atoms with E-state index in [2.05, 4.69) is 10.3 Å². The molecule has 1 fully saturated rings. The summed E-state index contributed by atoms with van der Waals surface area (Å²) in [5.74, 6) is 1.85. The van der Waals surface area contributed by atoms with Crippen LogP contribution < -0.4 is 10.1 Å². The number of rotatable bonds is 4. The van der Waals surface area contributed by atoms with Crippen LogP contribution in [0.1, 0.15) is 41.5 Å². The third kappa shape index (κ3) is 3.55. The maximum atomic E-state index is 12.7. The molecule has 136 valence electrons. The summed E-state index contributed by atoms with van der Waals surface area (Å²) in [5.41, 5.74) is 3.17. The first-order valence-corrected chi connectivity index (χ1v) is 9.21. The molecular weight excluding hydrogens is 328 g/mol. The third-order valence-electron chi connectivity index (χ3n) is 5.19. The van der Waals surface area contributed by atoms with E-state index in [0.717, 1.165) is 54.3 Å². The number of amides is 1. The zero-order valence-corrected chi connectivity index (χ0v) is 15.1. The van der Waals surface area contributed by atoms with Gasteiger partial charge in [0.2, 0.25) is 5.91 Å². The van der Waals surface area contributed by atoms with Gasteiger partial charge in [-0.2, -0.15) is 0 Å². The lowest BCUT2D eigenvalue weighted by molar-refractivity contribution is -0.131. The summed E-state index contributed by atoms with van der Waals surface area (Å²) in [6, 6.07) is 7.95. The fourth-order valence-electron chi connectivity index (χ4n) is 3.65. The molecule has 2 aliphatic heterocycles. The van der Waals surface area contributed by atoms with Gasteiger partial charge >= 0.3 is 0 Å². The van der Waals surface area contributed by atoms with Crippen LogP contribution >= 0.6 is 0 Å². The number of hydrogen-bond donors (Lipinski definition) is 1. The zero-order chi connectivity index (χ0) is 17.9. The molecule has 0 aliphatic carbocycles. The van der Waals surface area contributed by atoms with Crippen molar-refractivity contribution >= 4 is 5.91 Å². The molecule has 0 spiro atoms. The van der Waals surface area contributed by atoms with Crippen molar-refractivity contribution in [2.75, 3.05) is 20.2 Å². The Kier molecular flexibility index (Phi) is 4.84. The van der Waals surface area contributed by atoms with Gasteiger partial charge in [0.05, 0.1) is 25.3 Å². The average molecular weight is 352 g/mol. The average Bonchev–Trinajstić information content (AvgIpc) is 3.22. The van der Waals surface area contributed by atoms with Gasteiger partial charge in [0.1, 0.15) is 11.6 Å². The van der Waals surface area contributed by atoms with Crippen molar-refractivity contribution in [1.82, 2.24) is 20.2 Å². The lowest BCUT2D eigenvalue weighted by Gasteiger charge is -2.28. The number of fused-ring (bicyclic) bond motifs is 1. The Morgan fingerprint density at radius 2 is 2.19 bits per heavy atom. The molecule has 2 aromatic rings. The van der Waals surface area contributed by atoms with Gasteiger partial charge in [-0.15, -0.1) is 0 Å². The normalized spacial score (nSPS) is 19.3. The van der Waals surface area contributed by atoms with Gasteiger partial charge in [0.15, 0.2) is 0 Å². The first-order valence-electron chi connectivity index (χ1n) is 9.21. The van der Waals surface area contributed by atoms with Gasteiger partial charge in [-0.05, 0) is 37.1 Å². The first-order chi connectivity index (χ1) is 12.7. The lowest BCUT2D eigenvalue weighted by atomic mass is 10.0. The van der Waals surface area contributed by atoms with Gasteiger partial charge in [-0.1, -0.05) is 12.1 Å². The Balaban J connectivity index is 1.41. The number of methoxy groups -OCH3 is 1. The highest BCUT2D eigenvalue weighted by atomic mass is 16.5. The predicted octanol–water partition coefficient (Wildman–Crippen LogP) is 2.04. The molecule has 2 aliphatic rings. The number of hydrogen-bond acceptors (Lipinski definition) is 5. The highest BCUT2D eigenvalue weighted by molar-refractivity contribution is 5.79. The summed E-state index contributed by atoms with van der Waals surface area (Å²) >= 11 is 0. The minimum atomic E-state index is 0.141. The van der Waals surface area contributed by atoms with Gasteiger partial charge in [-0.25, -0.2) is 9.97 Å². The Morgan fingerprint density at radius 3 is 2.92 bits per heavy atom. The van der Waals surface area contributed by atoms with Crippen LogP contribution in [0.3, 0.4) is 0 Å². The number of carbonyl (C=O) groups excluding carboxylic acids is 1. The highest BCUT2D eigenvalue weighted by Gasteiger charge is 2.25. The number of nitrogens with zero attached hydrogens (tertiary/aromatic N) is 3. The fraction of sp³-hybridized carbons (Fsp3) is 0.450. The number of aromatic nitrogens is 2. The molecule has 6 heteroatoms. The Morgan fingerprint density at radius 1 is 1.35 bits per heavy atom. The Bertz CT molecular complexity index is 785. The van der Waals surface area contributed by atoms with Gasteiger partial charge in [-0.3, -0.25) is 4.79 Å². The molecule has 4 rings (SSSR count). The summed E-state index contributed by atoms with van der Waals surface area (Å²) in [4.78, 5) is 23.9. The topological polar surface area (TPSA) is 67.3 Å². The summed E-state index contributed by atoms with van der Waals surface area (Å²) < 4.78 is 5.16. The molecule has 1 aromatic carbocycles. The molecule has 1 atom stereocenters. The van der Waals surface area contributed by atoms with E-state index in [-0.39, 0.29) is 11.9 Å². The molecule has 0 saturated carbocycles. The molecule has 1 aromatic heterocycles. The molecule has 1 amide bonds. The second kappa shape index (κ2) is 7.41. The maximum Gasteiger partial charge on any atom is 0.227 e. The number of ether oxygens (including phenoxy) is 1. The van der Waals surface area contributed by atoms with Crippen molar-refractivity contribution in [1.29, 1.82) is 0 Å². The largest absolute Gasteiger partial charge is 0.497 e. The third-order valence-corrected chi connectivity index (χ3v) is 5.19. The zero-order valence-electron chi connectivity index (χ0n) is 15.1. The van der Waals surface area contributed by atoms with Gasteiger partial charge < -0.3 is 15.0 Å². The van der Waals surface area contributed by atoms with Crippen LogP contribution in [-0.2, 0) is 24.2 Å². The van der Waals surface area contributed by atoms with E-state index in [1.165, 1.54) is 6.42 Å². The lowest BCUT2D eigenvalue weighted by Crippen LogP contribution is -2.37. The molecule has 0 unspecified atom stereocenters. The van der Waals surface area contributed by atoms with Crippen LogP contribution in [0.5, 0.6) is 5.75 Å². The highest BCUT2D eigenvalue weighted by Crippen LogP contribution is 2.23. The number of benzene rings is 1. The monoisotopic (exact) mass is 352 g/mol. The quantitative estimate of drug-likeness (QED) is 0.912. The predicted molar refractivity (Wildman–Crippen MR) is 97.8 cm³/mol. The first kappa shape index (κ1) is 17.0. The van der Waals surface area contributed by atoms with E-state index < -0.39 is 0 Å². The minimum absolute atomic E-state index is 0.141. The van der Waals surface area contributed by atoms with Crippen molar-refractivity contribution in [3.05, 3.63) is 53.1 Å². The van der Waals surface area contributed by atoms with E-state index in [0.29, 0.717) is 13.0 Å². The molecule has 1 N–H and O–H groups in total. The van der Waals surface area contributed by atoms with E-state index in [1.807, 2.05) is 35.4 Å². The van der Waals surface area contributed by atoms with Crippen molar-refractivity contribution < 1.29 is 9.53 Å². The molecule has 1 saturated heterocycles. The second-order valence-corrected chi connectivity index (χ2v) is 6.94. The standard InChI is InChI=1S/C20H24N4O2/c1-26-16-6-4-14(5-7-16)11-19(25)24-10-8-17-15(13-24)12-22-20(23-17)18-3-2-9-21-18/h4-7,12,18,21H,2-3,8-11,13H2,1H3/t18-/m1/s1. The van der Waals surface area contributed by atoms with E-state index in [4.69, 9.17) is 9.72 Å². The van der Waals surface area contributed by atoms with Crippen LogP contribution in [-0.4, -0.2) is 41.0 Å². The van der Waals surface area contributed by atoms with Crippen molar-refractivity contribution in [2.24, 2.45) is 0 Å². The van der Waals surface area contributed by atoms with Crippen LogP contribution in [0, 0.1) is 0 Å². The van der Waals surface area contributed by atoms with Crippen LogP contribution in [0.2, 0.25) is 0 Å². The molecular formula is C20H24N4O2. The summed E-state index contributed by atoms with van der Waals surface area (Å²) in [6.07, 6.45) is 5.39. The molecule has 0 bridgehead atoms. The van der Waals surface area contributed by atoms with E-state index in [9.17, 15) is 4.79 Å².